The molecule has 2 amide bonds. The average molecular weight is 348 g/mol. The Morgan fingerprint density at radius 2 is 1.96 bits per heavy atom. The molecule has 1 aromatic heterocycles. The maximum atomic E-state index is 12.6. The summed E-state index contributed by atoms with van der Waals surface area (Å²) in [4.78, 5) is 26.0. The zero-order valence-corrected chi connectivity index (χ0v) is 14.8. The summed E-state index contributed by atoms with van der Waals surface area (Å²) in [6.45, 7) is 4.14. The van der Waals surface area contributed by atoms with E-state index in [-0.39, 0.29) is 17.9 Å². The monoisotopic (exact) mass is 348 g/mol. The number of nitrogens with one attached hydrogen (secondary N) is 1. The predicted octanol–water partition coefficient (Wildman–Crippen LogP) is 3.83. The lowest BCUT2D eigenvalue weighted by Gasteiger charge is -2.15. The minimum absolute atomic E-state index is 0.0273. The van der Waals surface area contributed by atoms with E-state index >= 15 is 0 Å². The quantitative estimate of drug-likeness (QED) is 0.782. The van der Waals surface area contributed by atoms with Gasteiger partial charge in [0.25, 0.3) is 5.91 Å². The Morgan fingerprint density at radius 1 is 1.15 bits per heavy atom. The molecule has 0 bridgehead atoms. The van der Waals surface area contributed by atoms with Crippen LogP contribution < -0.4 is 10.2 Å². The summed E-state index contributed by atoms with van der Waals surface area (Å²) >= 11 is 0. The highest BCUT2D eigenvalue weighted by Crippen LogP contribution is 2.29. The summed E-state index contributed by atoms with van der Waals surface area (Å²) in [5, 5.41) is 4.00. The third kappa shape index (κ3) is 2.86. The second-order valence-corrected chi connectivity index (χ2v) is 6.65. The maximum absolute atomic E-state index is 12.6. The number of hydrogen-bond acceptors (Lipinski definition) is 3. The molecule has 0 spiro atoms. The maximum Gasteiger partial charge on any atom is 0.251 e. The van der Waals surface area contributed by atoms with E-state index in [9.17, 15) is 9.59 Å². The van der Waals surface area contributed by atoms with Crippen LogP contribution in [0.3, 0.4) is 0 Å². The lowest BCUT2D eigenvalue weighted by Crippen LogP contribution is -2.27. The topological polar surface area (TPSA) is 62.6 Å². The van der Waals surface area contributed by atoms with Gasteiger partial charge in [-0.05, 0) is 49.2 Å². The SMILES string of the molecule is CC(=O)N1CCc2cc(C(=O)N[C@@H](C)c3cc4ccccc4o3)ccc21. The average Bonchev–Trinajstić information content (AvgIpc) is 3.25. The van der Waals surface area contributed by atoms with Gasteiger partial charge in [0.15, 0.2) is 0 Å². The number of nitrogens with zero attached hydrogens (tertiary/aromatic N) is 1. The summed E-state index contributed by atoms with van der Waals surface area (Å²) in [5.41, 5.74) is 3.34. The van der Waals surface area contributed by atoms with E-state index in [1.54, 1.807) is 17.9 Å². The fraction of sp³-hybridized carbons (Fsp3) is 0.238. The molecule has 5 nitrogen and oxygen atoms in total. The van der Waals surface area contributed by atoms with E-state index in [0.29, 0.717) is 12.1 Å². The van der Waals surface area contributed by atoms with E-state index in [1.807, 2.05) is 49.4 Å². The Morgan fingerprint density at radius 3 is 2.73 bits per heavy atom. The molecule has 0 radical (unpaired) electrons. The van der Waals surface area contributed by atoms with Crippen molar-refractivity contribution in [3.05, 3.63) is 65.4 Å². The normalized spacial score (nSPS) is 14.3. The van der Waals surface area contributed by atoms with E-state index in [0.717, 1.165) is 34.4 Å². The first kappa shape index (κ1) is 16.4. The van der Waals surface area contributed by atoms with E-state index in [1.165, 1.54) is 0 Å². The Labute approximate surface area is 151 Å². The number of carbonyl (C=O) groups excluding carboxylic acids is 2. The third-order valence-electron chi connectivity index (χ3n) is 4.84. The van der Waals surface area contributed by atoms with Crippen molar-refractivity contribution >= 4 is 28.5 Å². The van der Waals surface area contributed by atoms with Gasteiger partial charge in [0.2, 0.25) is 5.91 Å². The number of carbonyl (C=O) groups is 2. The van der Waals surface area contributed by atoms with E-state index in [4.69, 9.17) is 4.42 Å². The molecule has 1 atom stereocenters. The van der Waals surface area contributed by atoms with Gasteiger partial charge in [-0.15, -0.1) is 0 Å². The van der Waals surface area contributed by atoms with Gasteiger partial charge >= 0.3 is 0 Å². The van der Waals surface area contributed by atoms with Gasteiger partial charge in [0.05, 0.1) is 6.04 Å². The number of rotatable bonds is 3. The number of benzene rings is 2. The van der Waals surface area contributed by atoms with Crippen LogP contribution >= 0.6 is 0 Å². The number of anilines is 1. The van der Waals surface area contributed by atoms with Crippen LogP contribution in [0, 0.1) is 0 Å². The van der Waals surface area contributed by atoms with Crippen LogP contribution in [0.15, 0.2) is 52.9 Å². The minimum atomic E-state index is -0.239. The molecular weight excluding hydrogens is 328 g/mol. The molecule has 5 heteroatoms. The van der Waals surface area contributed by atoms with Crippen LogP contribution in [0.5, 0.6) is 0 Å². The Bertz CT molecular complexity index is 972. The molecule has 132 valence electrons. The molecule has 1 aliphatic heterocycles. The lowest BCUT2D eigenvalue weighted by molar-refractivity contribution is -0.116. The molecule has 2 aromatic carbocycles. The van der Waals surface area contributed by atoms with Gasteiger partial charge in [-0.1, -0.05) is 18.2 Å². The molecule has 0 saturated carbocycles. The number of amides is 2. The van der Waals surface area contributed by atoms with Gasteiger partial charge in [-0.25, -0.2) is 0 Å². The first-order chi connectivity index (χ1) is 12.5. The summed E-state index contributed by atoms with van der Waals surface area (Å²) in [6.07, 6.45) is 0.773. The zero-order valence-electron chi connectivity index (χ0n) is 14.8. The van der Waals surface area contributed by atoms with Crippen molar-refractivity contribution in [3.63, 3.8) is 0 Å². The van der Waals surface area contributed by atoms with Crippen LogP contribution in [0.25, 0.3) is 11.0 Å². The Kier molecular flexibility index (Phi) is 3.99. The smallest absolute Gasteiger partial charge is 0.251 e. The molecule has 2 heterocycles. The van der Waals surface area contributed by atoms with Crippen molar-refractivity contribution in [2.75, 3.05) is 11.4 Å². The van der Waals surface area contributed by atoms with Gasteiger partial charge in [0, 0.05) is 30.1 Å². The second-order valence-electron chi connectivity index (χ2n) is 6.65. The highest BCUT2D eigenvalue weighted by atomic mass is 16.3. The van der Waals surface area contributed by atoms with Crippen molar-refractivity contribution in [1.29, 1.82) is 0 Å². The van der Waals surface area contributed by atoms with E-state index in [2.05, 4.69) is 5.32 Å². The number of fused-ring (bicyclic) bond motifs is 2. The molecule has 1 aliphatic rings. The molecule has 0 unspecified atom stereocenters. The van der Waals surface area contributed by atoms with Crippen LogP contribution in [0.1, 0.15) is 41.6 Å². The molecular formula is C21H20N2O3. The van der Waals surface area contributed by atoms with Gasteiger partial charge in [-0.3, -0.25) is 9.59 Å². The van der Waals surface area contributed by atoms with Gasteiger partial charge in [-0.2, -0.15) is 0 Å². The predicted molar refractivity (Wildman–Crippen MR) is 100 cm³/mol. The van der Waals surface area contributed by atoms with Crippen LogP contribution in [-0.2, 0) is 11.2 Å². The summed E-state index contributed by atoms with van der Waals surface area (Å²) in [6, 6.07) is 15.0. The fourth-order valence-corrected chi connectivity index (χ4v) is 3.44. The Balaban J connectivity index is 1.52. The van der Waals surface area contributed by atoms with Gasteiger partial charge < -0.3 is 14.6 Å². The van der Waals surface area contributed by atoms with Crippen molar-refractivity contribution in [1.82, 2.24) is 5.32 Å². The molecule has 3 aromatic rings. The number of para-hydroxylation sites is 1. The van der Waals surface area contributed by atoms with Crippen LogP contribution in [-0.4, -0.2) is 18.4 Å². The molecule has 4 rings (SSSR count). The van der Waals surface area contributed by atoms with Crippen molar-refractivity contribution < 1.29 is 14.0 Å². The third-order valence-corrected chi connectivity index (χ3v) is 4.84. The molecule has 0 saturated heterocycles. The first-order valence-electron chi connectivity index (χ1n) is 8.73. The van der Waals surface area contributed by atoms with Gasteiger partial charge in [0.1, 0.15) is 11.3 Å². The van der Waals surface area contributed by atoms with E-state index < -0.39 is 0 Å². The molecule has 0 aliphatic carbocycles. The van der Waals surface area contributed by atoms with Crippen molar-refractivity contribution in [3.8, 4) is 0 Å². The van der Waals surface area contributed by atoms with Crippen molar-refractivity contribution in [2.24, 2.45) is 0 Å². The summed E-state index contributed by atoms with van der Waals surface area (Å²) in [5.74, 6) is 0.602. The highest BCUT2D eigenvalue weighted by molar-refractivity contribution is 5.98. The molecule has 26 heavy (non-hydrogen) atoms. The first-order valence-corrected chi connectivity index (χ1v) is 8.73. The number of furan rings is 1. The number of hydrogen-bond donors (Lipinski definition) is 1. The highest BCUT2D eigenvalue weighted by Gasteiger charge is 2.23. The molecule has 0 fully saturated rings. The Hall–Kier alpha value is -3.08. The fourth-order valence-electron chi connectivity index (χ4n) is 3.44. The largest absolute Gasteiger partial charge is 0.459 e. The minimum Gasteiger partial charge on any atom is -0.459 e. The van der Waals surface area contributed by atoms with Crippen molar-refractivity contribution in [2.45, 2.75) is 26.3 Å². The van der Waals surface area contributed by atoms with Crippen LogP contribution in [0.2, 0.25) is 0 Å². The lowest BCUT2D eigenvalue weighted by atomic mass is 10.1. The molecule has 1 N–H and O–H groups in total. The second kappa shape index (κ2) is 6.33. The summed E-state index contributed by atoms with van der Waals surface area (Å²) in [7, 11) is 0. The van der Waals surface area contributed by atoms with Crippen LogP contribution in [0.4, 0.5) is 5.69 Å². The standard InChI is InChI=1S/C21H20N2O3/c1-13(20-12-16-5-3-4-6-19(16)26-20)22-21(25)17-7-8-18-15(11-17)9-10-23(18)14(2)24/h3-8,11-13H,9-10H2,1-2H3,(H,22,25)/t13-/m0/s1. The zero-order chi connectivity index (χ0) is 18.3. The summed E-state index contributed by atoms with van der Waals surface area (Å²) < 4.78 is 5.82.